The van der Waals surface area contributed by atoms with Crippen LogP contribution in [0.4, 0.5) is 28.4 Å². The molecule has 0 aliphatic rings. The van der Waals surface area contributed by atoms with Crippen LogP contribution in [0, 0.1) is 15.3 Å². The van der Waals surface area contributed by atoms with E-state index in [0.717, 1.165) is 48.6 Å². The van der Waals surface area contributed by atoms with Crippen molar-refractivity contribution in [1.82, 2.24) is 0 Å². The predicted octanol–water partition coefficient (Wildman–Crippen LogP) is 5.85. The lowest BCUT2D eigenvalue weighted by Crippen LogP contribution is -2.03. The van der Waals surface area contributed by atoms with Crippen molar-refractivity contribution in [3.8, 4) is 0 Å². The number of nitro groups is 1. The second kappa shape index (κ2) is 13.0. The average molecular weight is 690 g/mol. The molecule has 238 valence electrons. The minimum Gasteiger partial charge on any atom is -0.594 e. The maximum absolute atomic E-state index is 12.7. The van der Waals surface area contributed by atoms with Crippen molar-refractivity contribution in [2.24, 2.45) is 15.3 Å². The lowest BCUT2D eigenvalue weighted by Gasteiger charge is -2.06. The van der Waals surface area contributed by atoms with Gasteiger partial charge in [0, 0.05) is 29.4 Å². The highest BCUT2D eigenvalue weighted by molar-refractivity contribution is 7.86. The zero-order valence-electron chi connectivity index (χ0n) is 22.7. The van der Waals surface area contributed by atoms with E-state index in [2.05, 4.69) is 15.3 Å². The van der Waals surface area contributed by atoms with E-state index in [1.165, 1.54) is 42.5 Å². The maximum Gasteiger partial charge on any atom is 0.295 e. The van der Waals surface area contributed by atoms with E-state index in [4.69, 9.17) is 4.55 Å². The molecule has 4 rings (SSSR count). The molecule has 4 aromatic rings. The van der Waals surface area contributed by atoms with Crippen LogP contribution in [0.3, 0.4) is 0 Å². The maximum atomic E-state index is 12.7. The first-order valence-electron chi connectivity index (χ1n) is 12.3. The molecule has 4 aromatic carbocycles. The molecule has 0 saturated carbocycles. The van der Waals surface area contributed by atoms with Crippen molar-refractivity contribution in [1.29, 1.82) is 0 Å². The lowest BCUT2D eigenvalue weighted by molar-refractivity contribution is -0.435. The summed E-state index contributed by atoms with van der Waals surface area (Å²) < 4.78 is 98.3. The Bertz CT molecular complexity index is 2250. The molecule has 0 bridgehead atoms. The number of nitrogens with zero attached hydrogens (tertiary/aromatic N) is 5. The molecule has 0 aliphatic heterocycles. The molecule has 20 heteroatoms. The Kier molecular flexibility index (Phi) is 9.51. The molecule has 3 N–H and O–H groups in total. The molecule has 0 aromatic heterocycles. The summed E-state index contributed by atoms with van der Waals surface area (Å²) >= 11 is 0. The van der Waals surface area contributed by atoms with Gasteiger partial charge >= 0.3 is 0 Å². The van der Waals surface area contributed by atoms with Gasteiger partial charge in [0.1, 0.15) is 15.5 Å². The lowest BCUT2D eigenvalue weighted by atomic mass is 10.1. The van der Waals surface area contributed by atoms with Crippen LogP contribution in [-0.4, -0.2) is 48.7 Å². The molecule has 0 unspecified atom stereocenters. The summed E-state index contributed by atoms with van der Waals surface area (Å²) in [6.45, 7) is 0. The molecule has 17 nitrogen and oxygen atoms in total. The number of hydrogen-bond donors (Lipinski definition) is 3. The molecular weight excluding hydrogens is 671 g/mol. The highest BCUT2D eigenvalue weighted by Crippen LogP contribution is 2.29. The van der Waals surface area contributed by atoms with E-state index in [-0.39, 0.29) is 37.9 Å². The molecule has 0 amide bonds. The summed E-state index contributed by atoms with van der Waals surface area (Å²) in [5, 5.41) is 35.3. The third-order valence-electron chi connectivity index (χ3n) is 5.90. The monoisotopic (exact) mass is 689 g/mol. The van der Waals surface area contributed by atoms with Gasteiger partial charge in [-0.1, -0.05) is 23.1 Å². The Morgan fingerprint density at radius 1 is 0.565 bits per heavy atom. The summed E-state index contributed by atoms with van der Waals surface area (Å²) in [6, 6.07) is 16.2. The van der Waals surface area contributed by atoms with Crippen molar-refractivity contribution < 1.29 is 48.7 Å². The smallest absolute Gasteiger partial charge is 0.295 e. The summed E-state index contributed by atoms with van der Waals surface area (Å²) in [7, 11) is -14.2. The molecule has 0 atom stereocenters. The van der Waals surface area contributed by atoms with Gasteiger partial charge in [-0.05, 0) is 65.7 Å². The molecule has 0 fully saturated rings. The third kappa shape index (κ3) is 8.47. The van der Waals surface area contributed by atoms with Crippen LogP contribution in [0.15, 0.2) is 115 Å². The number of azo groups is 2. The minimum absolute atomic E-state index is 0.00949. The van der Waals surface area contributed by atoms with E-state index < -0.39 is 50.8 Å². The standard InChI is InChI=1S/C26H19N5O12S3/c32-30(22-11-6-19(7-12-22)27-28-20-8-13-24(14-9-20)44(35,36)37)29-21-5-3-17(25(15-21)45(38,39)40)1-2-18-4-10-23(31(33)34)16-26(18)46(41,42)43/h1-16H,(H,35,36,37)(H,38,39,40)(H,41,42,43)/b2-1+,28-27?,30-29?. The van der Waals surface area contributed by atoms with Crippen molar-refractivity contribution in [3.05, 3.63) is 111 Å². The molecule has 46 heavy (non-hydrogen) atoms. The predicted molar refractivity (Wildman–Crippen MR) is 160 cm³/mol. The van der Waals surface area contributed by atoms with E-state index >= 15 is 0 Å². The van der Waals surface area contributed by atoms with Gasteiger partial charge in [-0.3, -0.25) is 23.8 Å². The van der Waals surface area contributed by atoms with Crippen molar-refractivity contribution in [3.63, 3.8) is 0 Å². The first-order valence-corrected chi connectivity index (χ1v) is 16.6. The van der Waals surface area contributed by atoms with E-state index in [9.17, 15) is 49.7 Å². The van der Waals surface area contributed by atoms with Gasteiger partial charge in [0.15, 0.2) is 0 Å². The van der Waals surface area contributed by atoms with Crippen molar-refractivity contribution in [2.75, 3.05) is 0 Å². The number of nitro benzene ring substituents is 1. The second-order valence-electron chi connectivity index (χ2n) is 9.04. The topological polar surface area (TPSA) is 269 Å². The molecule has 0 spiro atoms. The summed E-state index contributed by atoms with van der Waals surface area (Å²) in [4.78, 5) is 8.43. The van der Waals surface area contributed by atoms with E-state index in [1.807, 2.05) is 0 Å². The van der Waals surface area contributed by atoms with Gasteiger partial charge in [0.25, 0.3) is 36.0 Å². The molecule has 0 aliphatic carbocycles. The Morgan fingerprint density at radius 2 is 1.00 bits per heavy atom. The number of non-ortho nitro benzene ring substituents is 1. The zero-order chi connectivity index (χ0) is 33.9. The highest BCUT2D eigenvalue weighted by Gasteiger charge is 2.20. The largest absolute Gasteiger partial charge is 0.594 e. The fourth-order valence-electron chi connectivity index (χ4n) is 3.73. The van der Waals surface area contributed by atoms with Crippen LogP contribution in [0.25, 0.3) is 12.2 Å². The van der Waals surface area contributed by atoms with Crippen LogP contribution in [0.2, 0.25) is 0 Å². The van der Waals surface area contributed by atoms with Crippen LogP contribution >= 0.6 is 0 Å². The quantitative estimate of drug-likeness (QED) is 0.0442. The van der Waals surface area contributed by atoms with Crippen molar-refractivity contribution in [2.45, 2.75) is 14.7 Å². The fourth-order valence-corrected chi connectivity index (χ4v) is 5.62. The van der Waals surface area contributed by atoms with Gasteiger partial charge in [-0.25, -0.2) is 0 Å². The third-order valence-corrected chi connectivity index (χ3v) is 8.58. The molecular formula is C26H19N5O12S3. The molecule has 0 saturated heterocycles. The number of benzene rings is 4. The highest BCUT2D eigenvalue weighted by atomic mass is 32.2. The Hall–Kier alpha value is -5.25. The van der Waals surface area contributed by atoms with Crippen LogP contribution in [-0.2, 0) is 30.4 Å². The van der Waals surface area contributed by atoms with Gasteiger partial charge in [-0.15, -0.1) is 0 Å². The van der Waals surface area contributed by atoms with Gasteiger partial charge in [0.2, 0.25) is 5.69 Å². The summed E-state index contributed by atoms with van der Waals surface area (Å²) in [5.41, 5.74) is -0.673. The Balaban J connectivity index is 1.58. The van der Waals surface area contributed by atoms with E-state index in [1.54, 1.807) is 0 Å². The van der Waals surface area contributed by atoms with Gasteiger partial charge in [0.05, 0.1) is 21.2 Å². The SMILES string of the molecule is O=[N+]([O-])c1ccc(/C=C/c2ccc(N=[N+]([O-])c3ccc(N=Nc4ccc(S(=O)(=O)O)cc4)cc3)cc2S(=O)(=O)O)c(S(=O)(=O)O)c1. The zero-order valence-corrected chi connectivity index (χ0v) is 25.2. The van der Waals surface area contributed by atoms with E-state index in [0.29, 0.717) is 11.8 Å². The second-order valence-corrected chi connectivity index (χ2v) is 13.2. The Labute approximate surface area is 260 Å². The number of rotatable bonds is 10. The molecule has 0 radical (unpaired) electrons. The normalized spacial score (nSPS) is 13.0. The first-order chi connectivity index (χ1) is 21.4. The average Bonchev–Trinajstić information content (AvgIpc) is 2.98. The Morgan fingerprint density at radius 3 is 1.48 bits per heavy atom. The van der Waals surface area contributed by atoms with Crippen LogP contribution < -0.4 is 0 Å². The van der Waals surface area contributed by atoms with Crippen LogP contribution in [0.5, 0.6) is 0 Å². The minimum atomic E-state index is -4.92. The van der Waals surface area contributed by atoms with Crippen LogP contribution in [0.1, 0.15) is 11.1 Å². The number of hydrogen-bond acceptors (Lipinski definition) is 12. The molecule has 0 heterocycles. The van der Waals surface area contributed by atoms with Crippen molar-refractivity contribution >= 4 is 70.9 Å². The summed E-state index contributed by atoms with van der Waals surface area (Å²) in [5.74, 6) is 0. The van der Waals surface area contributed by atoms with Gasteiger partial charge in [-0.2, -0.15) is 35.5 Å². The first kappa shape index (κ1) is 33.6. The summed E-state index contributed by atoms with van der Waals surface area (Å²) in [6.07, 6.45) is 2.11. The van der Waals surface area contributed by atoms with Gasteiger partial charge < -0.3 is 5.21 Å². The fraction of sp³-hybridized carbons (Fsp3) is 0.